The summed E-state index contributed by atoms with van der Waals surface area (Å²) in [6.07, 6.45) is 3.47. The summed E-state index contributed by atoms with van der Waals surface area (Å²) >= 11 is 0. The number of carboxylic acids is 1. The van der Waals surface area contributed by atoms with E-state index in [1.54, 1.807) is 18.3 Å². The van der Waals surface area contributed by atoms with E-state index in [0.717, 1.165) is 0 Å². The summed E-state index contributed by atoms with van der Waals surface area (Å²) in [6, 6.07) is 4.05. The maximum Gasteiger partial charge on any atom is 0.326 e. The van der Waals surface area contributed by atoms with Crippen LogP contribution < -0.4 is 10.9 Å². The van der Waals surface area contributed by atoms with E-state index in [-0.39, 0.29) is 17.9 Å². The Morgan fingerprint density at radius 3 is 2.75 bits per heavy atom. The molecule has 0 aromatic carbocycles. The maximum absolute atomic E-state index is 11.6. The van der Waals surface area contributed by atoms with Gasteiger partial charge in [0.15, 0.2) is 0 Å². The van der Waals surface area contributed by atoms with Crippen molar-refractivity contribution in [2.45, 2.75) is 45.2 Å². The van der Waals surface area contributed by atoms with E-state index in [4.69, 9.17) is 5.11 Å². The number of aryl methyl sites for hydroxylation is 1. The van der Waals surface area contributed by atoms with Crippen molar-refractivity contribution in [3.63, 3.8) is 0 Å². The lowest BCUT2D eigenvalue weighted by molar-refractivity contribution is -0.142. The Balaban J connectivity index is 2.38. The van der Waals surface area contributed by atoms with Crippen LogP contribution in [0.1, 0.15) is 32.6 Å². The molecule has 0 fully saturated rings. The first-order valence-corrected chi connectivity index (χ1v) is 6.72. The number of aromatic nitrogens is 1. The molecule has 20 heavy (non-hydrogen) atoms. The summed E-state index contributed by atoms with van der Waals surface area (Å²) in [4.78, 5) is 34.0. The number of carbonyl (C=O) groups is 2. The van der Waals surface area contributed by atoms with Crippen LogP contribution >= 0.6 is 0 Å². The average molecular weight is 280 g/mol. The number of nitrogens with zero attached hydrogens (tertiary/aromatic N) is 1. The highest BCUT2D eigenvalue weighted by Crippen LogP contribution is 1.99. The Hall–Kier alpha value is -2.11. The molecule has 0 saturated carbocycles. The van der Waals surface area contributed by atoms with Crippen LogP contribution in [0, 0.1) is 0 Å². The van der Waals surface area contributed by atoms with Gasteiger partial charge in [0, 0.05) is 25.2 Å². The zero-order valence-electron chi connectivity index (χ0n) is 11.5. The zero-order chi connectivity index (χ0) is 15.0. The third-order valence-electron chi connectivity index (χ3n) is 2.91. The minimum Gasteiger partial charge on any atom is -0.480 e. The fraction of sp³-hybridized carbons (Fsp3) is 0.500. The largest absolute Gasteiger partial charge is 0.480 e. The number of pyridine rings is 1. The molecule has 1 aromatic rings. The molecule has 0 aliphatic heterocycles. The third-order valence-corrected chi connectivity index (χ3v) is 2.91. The topological polar surface area (TPSA) is 88.4 Å². The van der Waals surface area contributed by atoms with Gasteiger partial charge >= 0.3 is 5.97 Å². The fourth-order valence-corrected chi connectivity index (χ4v) is 1.87. The molecule has 1 amide bonds. The normalized spacial score (nSPS) is 11.8. The summed E-state index contributed by atoms with van der Waals surface area (Å²) in [5.74, 6) is -1.31. The molecular formula is C14H20N2O4. The Kier molecular flexibility index (Phi) is 6.49. The first-order chi connectivity index (χ1) is 9.54. The highest BCUT2D eigenvalue weighted by Gasteiger charge is 2.18. The molecule has 0 aliphatic rings. The summed E-state index contributed by atoms with van der Waals surface area (Å²) in [6.45, 7) is 2.31. The predicted octanol–water partition coefficient (Wildman–Crippen LogP) is 0.998. The fourth-order valence-electron chi connectivity index (χ4n) is 1.87. The summed E-state index contributed by atoms with van der Waals surface area (Å²) in [7, 11) is 0. The van der Waals surface area contributed by atoms with Crippen LogP contribution in [-0.2, 0) is 16.1 Å². The van der Waals surface area contributed by atoms with Crippen molar-refractivity contribution < 1.29 is 14.7 Å². The van der Waals surface area contributed by atoms with Gasteiger partial charge in [-0.1, -0.05) is 19.4 Å². The number of rotatable bonds is 8. The van der Waals surface area contributed by atoms with E-state index in [2.05, 4.69) is 5.32 Å². The molecule has 1 heterocycles. The number of carbonyl (C=O) groups excluding carboxylic acids is 1. The molecular weight excluding hydrogens is 260 g/mol. The van der Waals surface area contributed by atoms with E-state index < -0.39 is 12.0 Å². The highest BCUT2D eigenvalue weighted by molar-refractivity contribution is 5.83. The van der Waals surface area contributed by atoms with E-state index in [9.17, 15) is 14.4 Å². The van der Waals surface area contributed by atoms with E-state index in [1.807, 2.05) is 6.92 Å². The van der Waals surface area contributed by atoms with Crippen molar-refractivity contribution in [1.29, 1.82) is 0 Å². The van der Waals surface area contributed by atoms with Gasteiger partial charge in [0.25, 0.3) is 0 Å². The second-order valence-corrected chi connectivity index (χ2v) is 4.58. The van der Waals surface area contributed by atoms with Gasteiger partial charge in [0.2, 0.25) is 11.5 Å². The number of amides is 1. The smallest absolute Gasteiger partial charge is 0.326 e. The number of aliphatic carboxylic acids is 1. The van der Waals surface area contributed by atoms with Crippen LogP contribution in [0.3, 0.4) is 0 Å². The SMILES string of the molecule is CCCC(NC(=O)CCCn1ccccc1=O)C(=O)O. The van der Waals surface area contributed by atoms with Crippen molar-refractivity contribution in [3.05, 3.63) is 34.7 Å². The predicted molar refractivity (Wildman–Crippen MR) is 74.4 cm³/mol. The molecule has 110 valence electrons. The van der Waals surface area contributed by atoms with Gasteiger partial charge in [0.05, 0.1) is 0 Å². The first-order valence-electron chi connectivity index (χ1n) is 6.72. The van der Waals surface area contributed by atoms with Crippen molar-refractivity contribution in [3.8, 4) is 0 Å². The summed E-state index contributed by atoms with van der Waals surface area (Å²) in [5, 5.41) is 11.4. The first kappa shape index (κ1) is 15.9. The quantitative estimate of drug-likeness (QED) is 0.743. The Morgan fingerprint density at radius 2 is 2.15 bits per heavy atom. The van der Waals surface area contributed by atoms with E-state index in [1.165, 1.54) is 10.6 Å². The molecule has 1 aromatic heterocycles. The average Bonchev–Trinajstić information content (AvgIpc) is 2.40. The Morgan fingerprint density at radius 1 is 1.40 bits per heavy atom. The van der Waals surface area contributed by atoms with Gasteiger partial charge in [0.1, 0.15) is 6.04 Å². The van der Waals surface area contributed by atoms with Crippen LogP contribution in [0.25, 0.3) is 0 Å². The molecule has 1 atom stereocenters. The minimum atomic E-state index is -1.01. The third kappa shape index (κ3) is 5.26. The number of hydrogen-bond acceptors (Lipinski definition) is 3. The molecule has 6 heteroatoms. The Bertz CT molecular complexity index is 510. The van der Waals surface area contributed by atoms with Gasteiger partial charge in [-0.15, -0.1) is 0 Å². The maximum atomic E-state index is 11.6. The molecule has 0 bridgehead atoms. The van der Waals surface area contributed by atoms with E-state index in [0.29, 0.717) is 25.8 Å². The molecule has 1 rings (SSSR count). The molecule has 0 radical (unpaired) electrons. The number of nitrogens with one attached hydrogen (secondary N) is 1. The summed E-state index contributed by atoms with van der Waals surface area (Å²) < 4.78 is 1.52. The van der Waals surface area contributed by atoms with Crippen LogP contribution in [0.4, 0.5) is 0 Å². The lowest BCUT2D eigenvalue weighted by Gasteiger charge is -2.13. The number of carboxylic acid groups (broad SMARTS) is 1. The molecule has 0 spiro atoms. The zero-order valence-corrected chi connectivity index (χ0v) is 11.5. The van der Waals surface area contributed by atoms with Crippen LogP contribution in [0.5, 0.6) is 0 Å². The standard InChI is InChI=1S/C14H20N2O4/c1-2-6-11(14(19)20)15-12(17)7-5-10-16-9-4-3-8-13(16)18/h3-4,8-9,11H,2,5-7,10H2,1H3,(H,15,17)(H,19,20). The van der Waals surface area contributed by atoms with Crippen LogP contribution in [-0.4, -0.2) is 27.6 Å². The van der Waals surface area contributed by atoms with Crippen molar-refractivity contribution in [2.24, 2.45) is 0 Å². The monoisotopic (exact) mass is 280 g/mol. The van der Waals surface area contributed by atoms with Crippen molar-refractivity contribution >= 4 is 11.9 Å². The van der Waals surface area contributed by atoms with E-state index >= 15 is 0 Å². The van der Waals surface area contributed by atoms with Crippen molar-refractivity contribution in [2.75, 3.05) is 0 Å². The van der Waals surface area contributed by atoms with Gasteiger partial charge in [-0.3, -0.25) is 9.59 Å². The highest BCUT2D eigenvalue weighted by atomic mass is 16.4. The Labute approximate surface area is 117 Å². The van der Waals surface area contributed by atoms with Crippen LogP contribution in [0.2, 0.25) is 0 Å². The van der Waals surface area contributed by atoms with Gasteiger partial charge in [-0.05, 0) is 18.9 Å². The van der Waals surface area contributed by atoms with Crippen LogP contribution in [0.15, 0.2) is 29.2 Å². The van der Waals surface area contributed by atoms with Crippen molar-refractivity contribution in [1.82, 2.24) is 9.88 Å². The molecule has 1 unspecified atom stereocenters. The second kappa shape index (κ2) is 8.14. The summed E-state index contributed by atoms with van der Waals surface area (Å²) in [5.41, 5.74) is -0.109. The molecule has 6 nitrogen and oxygen atoms in total. The molecule has 0 saturated heterocycles. The molecule has 2 N–H and O–H groups in total. The number of hydrogen-bond donors (Lipinski definition) is 2. The minimum absolute atomic E-state index is 0.109. The van der Waals surface area contributed by atoms with Gasteiger partial charge in [-0.25, -0.2) is 4.79 Å². The van der Waals surface area contributed by atoms with Gasteiger partial charge in [-0.2, -0.15) is 0 Å². The lowest BCUT2D eigenvalue weighted by atomic mass is 10.1. The lowest BCUT2D eigenvalue weighted by Crippen LogP contribution is -2.40. The second-order valence-electron chi connectivity index (χ2n) is 4.58. The van der Waals surface area contributed by atoms with Gasteiger partial charge < -0.3 is 15.0 Å². The molecule has 0 aliphatic carbocycles.